The van der Waals surface area contributed by atoms with Crippen LogP contribution in [0.3, 0.4) is 0 Å². The van der Waals surface area contributed by atoms with Gasteiger partial charge in [0.25, 0.3) is 0 Å². The topological polar surface area (TPSA) is 21.3 Å². The van der Waals surface area contributed by atoms with E-state index >= 15 is 0 Å². The van der Waals surface area contributed by atoms with E-state index in [9.17, 15) is 4.39 Å². The second kappa shape index (κ2) is 7.25. The summed E-state index contributed by atoms with van der Waals surface area (Å²) in [5.74, 6) is 0.842. The summed E-state index contributed by atoms with van der Waals surface area (Å²) in [5.41, 5.74) is 0.760. The maximum absolute atomic E-state index is 13.5. The van der Waals surface area contributed by atoms with E-state index in [4.69, 9.17) is 16.3 Å². The first-order chi connectivity index (χ1) is 10.0. The van der Waals surface area contributed by atoms with E-state index in [1.165, 1.54) is 12.1 Å². The van der Waals surface area contributed by atoms with Gasteiger partial charge < -0.3 is 10.1 Å². The van der Waals surface area contributed by atoms with Gasteiger partial charge in [-0.25, -0.2) is 4.39 Å². The molecule has 2 aromatic carbocycles. The molecule has 0 saturated heterocycles. The summed E-state index contributed by atoms with van der Waals surface area (Å²) >= 11 is 9.51. The lowest BCUT2D eigenvalue weighted by Crippen LogP contribution is -2.18. The van der Waals surface area contributed by atoms with Gasteiger partial charge >= 0.3 is 0 Å². The molecule has 112 valence electrons. The fourth-order valence-corrected chi connectivity index (χ4v) is 2.76. The van der Waals surface area contributed by atoms with Gasteiger partial charge in [-0.05, 0) is 49.9 Å². The van der Waals surface area contributed by atoms with E-state index in [-0.39, 0.29) is 11.9 Å². The Hall–Kier alpha value is -1.10. The highest BCUT2D eigenvalue weighted by molar-refractivity contribution is 9.10. The smallest absolute Gasteiger partial charge is 0.146 e. The van der Waals surface area contributed by atoms with Crippen LogP contribution in [0.15, 0.2) is 40.9 Å². The molecule has 1 N–H and O–H groups in total. The molecular weight excluding hydrogens is 357 g/mol. The Morgan fingerprint density at radius 1 is 1.24 bits per heavy atom. The Morgan fingerprint density at radius 2 is 1.95 bits per heavy atom. The van der Waals surface area contributed by atoms with Crippen molar-refractivity contribution in [2.45, 2.75) is 19.9 Å². The van der Waals surface area contributed by atoms with Crippen molar-refractivity contribution in [3.05, 3.63) is 57.3 Å². The van der Waals surface area contributed by atoms with Crippen LogP contribution in [0.1, 0.15) is 25.5 Å². The van der Waals surface area contributed by atoms with Crippen LogP contribution in [0.4, 0.5) is 4.39 Å². The molecule has 0 spiro atoms. The Bertz CT molecular complexity index is 636. The zero-order valence-corrected chi connectivity index (χ0v) is 14.1. The summed E-state index contributed by atoms with van der Waals surface area (Å²) in [6.07, 6.45) is 0. The van der Waals surface area contributed by atoms with Crippen LogP contribution in [-0.4, -0.2) is 6.54 Å². The van der Waals surface area contributed by atoms with E-state index < -0.39 is 0 Å². The molecule has 2 rings (SSSR count). The van der Waals surface area contributed by atoms with Crippen molar-refractivity contribution in [2.75, 3.05) is 6.54 Å². The minimum absolute atomic E-state index is 0.0186. The first kappa shape index (κ1) is 16.3. The third-order valence-electron chi connectivity index (χ3n) is 3.06. The fraction of sp³-hybridized carbons (Fsp3) is 0.250. The molecule has 21 heavy (non-hydrogen) atoms. The summed E-state index contributed by atoms with van der Waals surface area (Å²) in [5, 5.41) is 3.75. The second-order valence-corrected chi connectivity index (χ2v) is 5.96. The maximum atomic E-state index is 13.5. The largest absolute Gasteiger partial charge is 0.455 e. The summed E-state index contributed by atoms with van der Waals surface area (Å²) in [4.78, 5) is 0. The quantitative estimate of drug-likeness (QED) is 0.726. The maximum Gasteiger partial charge on any atom is 0.146 e. The number of hydrogen-bond donors (Lipinski definition) is 1. The van der Waals surface area contributed by atoms with Gasteiger partial charge in [0.15, 0.2) is 0 Å². The number of rotatable bonds is 5. The second-order valence-electron chi connectivity index (χ2n) is 4.64. The van der Waals surface area contributed by atoms with Crippen molar-refractivity contribution < 1.29 is 9.13 Å². The number of halogens is 3. The molecule has 5 heteroatoms. The van der Waals surface area contributed by atoms with Crippen molar-refractivity contribution >= 4 is 27.5 Å². The minimum atomic E-state index is -0.288. The zero-order valence-electron chi connectivity index (χ0n) is 11.8. The molecule has 0 aliphatic rings. The monoisotopic (exact) mass is 371 g/mol. The lowest BCUT2D eigenvalue weighted by molar-refractivity contribution is 0.460. The van der Waals surface area contributed by atoms with Gasteiger partial charge in [-0.3, -0.25) is 0 Å². The van der Waals surface area contributed by atoms with E-state index in [2.05, 4.69) is 21.2 Å². The number of nitrogens with one attached hydrogen (secondary N) is 1. The molecule has 0 aliphatic heterocycles. The average molecular weight is 373 g/mol. The van der Waals surface area contributed by atoms with Crippen LogP contribution >= 0.6 is 27.5 Å². The summed E-state index contributed by atoms with van der Waals surface area (Å²) < 4.78 is 20.2. The van der Waals surface area contributed by atoms with E-state index in [0.717, 1.165) is 16.6 Å². The van der Waals surface area contributed by atoms with Crippen LogP contribution in [0, 0.1) is 5.82 Å². The molecule has 2 nitrogen and oxygen atoms in total. The van der Waals surface area contributed by atoms with Crippen LogP contribution in [-0.2, 0) is 0 Å². The van der Waals surface area contributed by atoms with E-state index in [0.29, 0.717) is 16.5 Å². The van der Waals surface area contributed by atoms with Gasteiger partial charge in [0, 0.05) is 16.1 Å². The molecule has 0 aromatic heterocycles. The molecule has 0 heterocycles. The lowest BCUT2D eigenvalue weighted by atomic mass is 10.1. The fourth-order valence-electron chi connectivity index (χ4n) is 2.04. The molecule has 0 saturated carbocycles. The molecule has 0 radical (unpaired) electrons. The minimum Gasteiger partial charge on any atom is -0.455 e. The molecular formula is C16H16BrClFNO. The highest BCUT2D eigenvalue weighted by Gasteiger charge is 2.14. The van der Waals surface area contributed by atoms with Crippen molar-refractivity contribution in [3.63, 3.8) is 0 Å². The number of benzene rings is 2. The van der Waals surface area contributed by atoms with Crippen LogP contribution in [0.25, 0.3) is 0 Å². The molecule has 1 unspecified atom stereocenters. The summed E-state index contributed by atoms with van der Waals surface area (Å²) in [7, 11) is 0. The van der Waals surface area contributed by atoms with E-state index in [1.54, 1.807) is 18.2 Å². The number of hydrogen-bond acceptors (Lipinski definition) is 2. The first-order valence-electron chi connectivity index (χ1n) is 6.67. The Balaban J connectivity index is 2.34. The molecule has 0 bridgehead atoms. The van der Waals surface area contributed by atoms with E-state index in [1.807, 2.05) is 19.9 Å². The highest BCUT2D eigenvalue weighted by atomic mass is 79.9. The average Bonchev–Trinajstić information content (AvgIpc) is 2.43. The third kappa shape index (κ3) is 4.19. The predicted molar refractivity (Wildman–Crippen MR) is 87.7 cm³/mol. The van der Waals surface area contributed by atoms with Crippen molar-refractivity contribution in [1.29, 1.82) is 0 Å². The zero-order chi connectivity index (χ0) is 15.4. The standard InChI is InChI=1S/C16H16BrClFNO/c1-3-20-10(2)13-9-12(19)5-7-15(13)21-16-6-4-11(17)8-14(16)18/h4-10,20H,3H2,1-2H3. The molecule has 1 atom stereocenters. The Labute approximate surface area is 137 Å². The van der Waals surface area contributed by atoms with Crippen molar-refractivity contribution in [2.24, 2.45) is 0 Å². The van der Waals surface area contributed by atoms with Gasteiger partial charge in [0.2, 0.25) is 0 Å². The molecule has 2 aromatic rings. The van der Waals surface area contributed by atoms with Gasteiger partial charge in [0.05, 0.1) is 5.02 Å². The molecule has 0 fully saturated rings. The predicted octanol–water partition coefficient (Wildman–Crippen LogP) is 5.70. The highest BCUT2D eigenvalue weighted by Crippen LogP contribution is 2.35. The summed E-state index contributed by atoms with van der Waals surface area (Å²) in [6.45, 7) is 4.76. The van der Waals surface area contributed by atoms with Gasteiger partial charge in [-0.1, -0.05) is 34.5 Å². The Kier molecular flexibility index (Phi) is 5.62. The van der Waals surface area contributed by atoms with Crippen LogP contribution in [0.2, 0.25) is 5.02 Å². The van der Waals surface area contributed by atoms with Crippen molar-refractivity contribution in [1.82, 2.24) is 5.32 Å². The first-order valence-corrected chi connectivity index (χ1v) is 7.84. The van der Waals surface area contributed by atoms with Gasteiger partial charge in [-0.15, -0.1) is 0 Å². The van der Waals surface area contributed by atoms with Crippen molar-refractivity contribution in [3.8, 4) is 11.5 Å². The van der Waals surface area contributed by atoms with Crippen LogP contribution in [0.5, 0.6) is 11.5 Å². The van der Waals surface area contributed by atoms with Gasteiger partial charge in [0.1, 0.15) is 17.3 Å². The lowest BCUT2D eigenvalue weighted by Gasteiger charge is -2.18. The summed E-state index contributed by atoms with van der Waals surface area (Å²) in [6, 6.07) is 9.84. The Morgan fingerprint density at radius 3 is 2.62 bits per heavy atom. The number of ether oxygens (including phenoxy) is 1. The van der Waals surface area contributed by atoms with Gasteiger partial charge in [-0.2, -0.15) is 0 Å². The van der Waals surface area contributed by atoms with Crippen LogP contribution < -0.4 is 10.1 Å². The normalized spacial score (nSPS) is 12.2. The third-order valence-corrected chi connectivity index (χ3v) is 3.85. The molecule has 0 amide bonds. The SMILES string of the molecule is CCNC(C)c1cc(F)ccc1Oc1ccc(Br)cc1Cl. The molecule has 0 aliphatic carbocycles.